The molecule has 2 rings (SSSR count). The van der Waals surface area contributed by atoms with Gasteiger partial charge < -0.3 is 5.32 Å². The topological polar surface area (TPSA) is 12.0 Å². The van der Waals surface area contributed by atoms with E-state index in [1.165, 1.54) is 44.9 Å². The van der Waals surface area contributed by atoms with Crippen molar-refractivity contribution in [3.05, 3.63) is 0 Å². The highest BCUT2D eigenvalue weighted by molar-refractivity contribution is 4.95. The second kappa shape index (κ2) is 4.65. The van der Waals surface area contributed by atoms with Crippen molar-refractivity contribution in [3.8, 4) is 0 Å². The van der Waals surface area contributed by atoms with Crippen molar-refractivity contribution in [3.63, 3.8) is 0 Å². The minimum atomic E-state index is 0.796. The summed E-state index contributed by atoms with van der Waals surface area (Å²) in [5.74, 6) is 2.11. The predicted octanol–water partition coefficient (Wildman–Crippen LogP) is 3.34. The Balaban J connectivity index is 1.79. The Morgan fingerprint density at radius 1 is 1.21 bits per heavy atom. The molecule has 82 valence electrons. The summed E-state index contributed by atoms with van der Waals surface area (Å²) < 4.78 is 0. The van der Waals surface area contributed by atoms with Gasteiger partial charge in [-0.25, -0.2) is 0 Å². The van der Waals surface area contributed by atoms with Crippen molar-refractivity contribution in [1.82, 2.24) is 5.32 Å². The summed E-state index contributed by atoms with van der Waals surface area (Å²) in [7, 11) is 0. The van der Waals surface area contributed by atoms with Gasteiger partial charge in [0.2, 0.25) is 0 Å². The van der Waals surface area contributed by atoms with Gasteiger partial charge in [0.05, 0.1) is 0 Å². The highest BCUT2D eigenvalue weighted by atomic mass is 15.0. The first-order chi connectivity index (χ1) is 6.83. The fourth-order valence-electron chi connectivity index (χ4n) is 3.51. The average molecular weight is 195 g/mol. The molecule has 2 aliphatic carbocycles. The molecule has 14 heavy (non-hydrogen) atoms. The Labute approximate surface area is 88.7 Å². The Morgan fingerprint density at radius 2 is 2.07 bits per heavy atom. The maximum Gasteiger partial charge on any atom is 0.0101 e. The molecule has 2 saturated carbocycles. The van der Waals surface area contributed by atoms with Gasteiger partial charge in [-0.15, -0.1) is 0 Å². The Kier molecular flexibility index (Phi) is 3.48. The molecular weight excluding hydrogens is 170 g/mol. The Morgan fingerprint density at radius 3 is 2.57 bits per heavy atom. The maximum atomic E-state index is 3.90. The number of rotatable bonds is 5. The summed E-state index contributed by atoms with van der Waals surface area (Å²) in [6.45, 7) is 4.62. The quantitative estimate of drug-likeness (QED) is 0.709. The van der Waals surface area contributed by atoms with Gasteiger partial charge in [-0.2, -0.15) is 0 Å². The second-order valence-corrected chi connectivity index (χ2v) is 5.34. The lowest BCUT2D eigenvalue weighted by Crippen LogP contribution is -2.41. The zero-order valence-corrected chi connectivity index (χ0v) is 9.76. The monoisotopic (exact) mass is 195 g/mol. The summed E-state index contributed by atoms with van der Waals surface area (Å²) in [4.78, 5) is 0. The third kappa shape index (κ3) is 2.13. The fraction of sp³-hybridized carbons (Fsp3) is 1.00. The molecule has 4 unspecified atom stereocenters. The lowest BCUT2D eigenvalue weighted by atomic mass is 9.94. The van der Waals surface area contributed by atoms with Gasteiger partial charge in [-0.1, -0.05) is 26.7 Å². The smallest absolute Gasteiger partial charge is 0.0101 e. The van der Waals surface area contributed by atoms with Gasteiger partial charge in [0, 0.05) is 12.1 Å². The van der Waals surface area contributed by atoms with E-state index in [0.29, 0.717) is 0 Å². The van der Waals surface area contributed by atoms with E-state index in [2.05, 4.69) is 19.2 Å². The molecule has 0 aromatic rings. The van der Waals surface area contributed by atoms with Crippen LogP contribution in [0.4, 0.5) is 0 Å². The minimum Gasteiger partial charge on any atom is -0.311 e. The van der Waals surface area contributed by atoms with E-state index in [-0.39, 0.29) is 0 Å². The van der Waals surface area contributed by atoms with Crippen LogP contribution in [0.25, 0.3) is 0 Å². The van der Waals surface area contributed by atoms with Crippen molar-refractivity contribution in [2.75, 3.05) is 0 Å². The normalized spacial score (nSPS) is 37.7. The van der Waals surface area contributed by atoms with Crippen LogP contribution in [0.5, 0.6) is 0 Å². The molecule has 4 atom stereocenters. The summed E-state index contributed by atoms with van der Waals surface area (Å²) in [5.41, 5.74) is 0. The molecule has 1 nitrogen and oxygen atoms in total. The van der Waals surface area contributed by atoms with Crippen LogP contribution in [0, 0.1) is 11.8 Å². The van der Waals surface area contributed by atoms with E-state index in [1.54, 1.807) is 0 Å². The van der Waals surface area contributed by atoms with Crippen LogP contribution in [0.1, 0.15) is 58.8 Å². The Bertz CT molecular complexity index is 178. The Hall–Kier alpha value is -0.0400. The van der Waals surface area contributed by atoms with E-state index < -0.39 is 0 Å². The van der Waals surface area contributed by atoms with Crippen LogP contribution >= 0.6 is 0 Å². The van der Waals surface area contributed by atoms with Crippen LogP contribution in [-0.4, -0.2) is 12.1 Å². The molecule has 0 aromatic heterocycles. The summed E-state index contributed by atoms with van der Waals surface area (Å²) in [6, 6.07) is 1.68. The molecule has 2 aliphatic rings. The number of fused-ring (bicyclic) bond motifs is 2. The molecule has 0 amide bonds. The van der Waals surface area contributed by atoms with Crippen LogP contribution < -0.4 is 5.32 Å². The van der Waals surface area contributed by atoms with Crippen LogP contribution in [0.3, 0.4) is 0 Å². The molecule has 1 heteroatoms. The zero-order chi connectivity index (χ0) is 9.97. The predicted molar refractivity (Wildman–Crippen MR) is 61.4 cm³/mol. The zero-order valence-electron chi connectivity index (χ0n) is 9.76. The molecule has 0 heterocycles. The van der Waals surface area contributed by atoms with E-state index in [0.717, 1.165) is 23.9 Å². The van der Waals surface area contributed by atoms with Gasteiger partial charge in [-0.05, 0) is 43.9 Å². The first-order valence-electron chi connectivity index (χ1n) is 6.59. The first kappa shape index (κ1) is 10.5. The molecule has 0 radical (unpaired) electrons. The highest BCUT2D eigenvalue weighted by Crippen LogP contribution is 2.44. The van der Waals surface area contributed by atoms with Crippen molar-refractivity contribution < 1.29 is 0 Å². The number of hydrogen-bond donors (Lipinski definition) is 1. The van der Waals surface area contributed by atoms with E-state index in [9.17, 15) is 0 Å². The van der Waals surface area contributed by atoms with Crippen LogP contribution in [-0.2, 0) is 0 Å². The molecule has 2 fully saturated rings. The molecular formula is C13H25N. The summed E-state index contributed by atoms with van der Waals surface area (Å²) in [5, 5.41) is 3.90. The van der Waals surface area contributed by atoms with Crippen LogP contribution in [0.15, 0.2) is 0 Å². The lowest BCUT2D eigenvalue weighted by Gasteiger charge is -2.28. The number of hydrogen-bond acceptors (Lipinski definition) is 1. The summed E-state index contributed by atoms with van der Waals surface area (Å²) in [6.07, 6.45) is 10.0. The van der Waals surface area contributed by atoms with Gasteiger partial charge >= 0.3 is 0 Å². The third-order valence-electron chi connectivity index (χ3n) is 4.32. The molecule has 1 N–H and O–H groups in total. The standard InChI is InChI=1S/C13H25N/c1-3-5-12(4-2)14-13-9-10-6-7-11(13)8-10/h10-14H,3-9H2,1-2H3. The SMILES string of the molecule is CCCC(CC)NC1CC2CCC1C2. The molecule has 0 aliphatic heterocycles. The second-order valence-electron chi connectivity index (χ2n) is 5.34. The molecule has 2 bridgehead atoms. The van der Waals surface area contributed by atoms with E-state index in [4.69, 9.17) is 0 Å². The molecule has 0 spiro atoms. The highest BCUT2D eigenvalue weighted by Gasteiger charge is 2.39. The third-order valence-corrected chi connectivity index (χ3v) is 4.32. The van der Waals surface area contributed by atoms with Crippen molar-refractivity contribution in [1.29, 1.82) is 0 Å². The van der Waals surface area contributed by atoms with E-state index in [1.807, 2.05) is 0 Å². The first-order valence-corrected chi connectivity index (χ1v) is 6.59. The lowest BCUT2D eigenvalue weighted by molar-refractivity contribution is 0.304. The largest absolute Gasteiger partial charge is 0.311 e. The van der Waals surface area contributed by atoms with Gasteiger partial charge in [0.15, 0.2) is 0 Å². The fourth-order valence-corrected chi connectivity index (χ4v) is 3.51. The van der Waals surface area contributed by atoms with Gasteiger partial charge in [0.25, 0.3) is 0 Å². The average Bonchev–Trinajstić information content (AvgIpc) is 2.78. The minimum absolute atomic E-state index is 0.796. The van der Waals surface area contributed by atoms with Crippen molar-refractivity contribution in [2.45, 2.75) is 70.9 Å². The maximum absolute atomic E-state index is 3.90. The van der Waals surface area contributed by atoms with E-state index >= 15 is 0 Å². The van der Waals surface area contributed by atoms with Crippen molar-refractivity contribution in [2.24, 2.45) is 11.8 Å². The molecule has 0 aromatic carbocycles. The van der Waals surface area contributed by atoms with Gasteiger partial charge in [0.1, 0.15) is 0 Å². The number of nitrogens with one attached hydrogen (secondary N) is 1. The van der Waals surface area contributed by atoms with Crippen molar-refractivity contribution >= 4 is 0 Å². The van der Waals surface area contributed by atoms with Gasteiger partial charge in [-0.3, -0.25) is 0 Å². The molecule has 0 saturated heterocycles. The van der Waals surface area contributed by atoms with Crippen LogP contribution in [0.2, 0.25) is 0 Å². The summed E-state index contributed by atoms with van der Waals surface area (Å²) >= 11 is 0.